The Morgan fingerprint density at radius 3 is 2.47 bits per heavy atom. The molecule has 0 bridgehead atoms. The Balaban J connectivity index is 2.24. The second-order valence-electron chi connectivity index (χ2n) is 5.57. The van der Waals surface area contributed by atoms with E-state index in [4.69, 9.17) is 0 Å². The van der Waals surface area contributed by atoms with Gasteiger partial charge in [0, 0.05) is 23.6 Å². The van der Waals surface area contributed by atoms with Crippen LogP contribution in [0.15, 0.2) is 22.7 Å². The normalized spacial score (nSPS) is 16.8. The highest BCUT2D eigenvalue weighted by atomic mass is 79.9. The van der Waals surface area contributed by atoms with Gasteiger partial charge in [0.25, 0.3) is 0 Å². The van der Waals surface area contributed by atoms with Gasteiger partial charge in [0.05, 0.1) is 11.3 Å². The summed E-state index contributed by atoms with van der Waals surface area (Å²) in [5.74, 6) is 0. The smallest absolute Gasteiger partial charge is 0.103 e. The molecule has 0 aromatic heterocycles. The predicted molar refractivity (Wildman–Crippen MR) is 82.4 cm³/mol. The molecular weight excluding hydrogens is 302 g/mol. The van der Waals surface area contributed by atoms with Gasteiger partial charge in [0.1, 0.15) is 6.07 Å². The van der Waals surface area contributed by atoms with Crippen LogP contribution in [0.4, 0.5) is 5.69 Å². The number of hydrogen-bond donors (Lipinski definition) is 0. The Labute approximate surface area is 123 Å². The topological polar surface area (TPSA) is 30.3 Å². The number of hydrogen-bond acceptors (Lipinski definition) is 3. The van der Waals surface area contributed by atoms with E-state index in [1.54, 1.807) is 0 Å². The van der Waals surface area contributed by atoms with Crippen LogP contribution in [0, 0.1) is 11.3 Å². The summed E-state index contributed by atoms with van der Waals surface area (Å²) >= 11 is 3.46. The van der Waals surface area contributed by atoms with Gasteiger partial charge in [0.15, 0.2) is 0 Å². The van der Waals surface area contributed by atoms with Gasteiger partial charge >= 0.3 is 0 Å². The highest BCUT2D eigenvalue weighted by Crippen LogP contribution is 2.38. The van der Waals surface area contributed by atoms with Crippen molar-refractivity contribution in [3.05, 3.63) is 28.2 Å². The lowest BCUT2D eigenvalue weighted by atomic mass is 9.75. The molecule has 1 aromatic rings. The maximum atomic E-state index is 9.31. The number of halogens is 1. The Bertz CT molecular complexity index is 501. The van der Waals surface area contributed by atoms with E-state index < -0.39 is 0 Å². The fraction of sp³-hybridized carbons (Fsp3) is 0.533. The molecule has 1 fully saturated rings. The summed E-state index contributed by atoms with van der Waals surface area (Å²) in [6.45, 7) is 0.963. The zero-order chi connectivity index (χ0) is 14.0. The van der Waals surface area contributed by atoms with Crippen LogP contribution in [0.5, 0.6) is 0 Å². The third-order valence-electron chi connectivity index (χ3n) is 4.28. The van der Waals surface area contributed by atoms with Crippen molar-refractivity contribution in [3.63, 3.8) is 0 Å². The fourth-order valence-corrected chi connectivity index (χ4v) is 3.24. The van der Waals surface area contributed by atoms with Gasteiger partial charge in [0.2, 0.25) is 0 Å². The van der Waals surface area contributed by atoms with Crippen LogP contribution < -0.4 is 4.90 Å². The summed E-state index contributed by atoms with van der Waals surface area (Å²) in [6, 6.07) is 8.22. The molecule has 0 spiro atoms. The lowest BCUT2D eigenvalue weighted by Crippen LogP contribution is -2.56. The minimum atomic E-state index is 0.268. The van der Waals surface area contributed by atoms with Crippen molar-refractivity contribution in [2.45, 2.75) is 24.8 Å². The van der Waals surface area contributed by atoms with E-state index in [0.29, 0.717) is 0 Å². The van der Waals surface area contributed by atoms with Gasteiger partial charge < -0.3 is 9.80 Å². The van der Waals surface area contributed by atoms with Gasteiger partial charge in [-0.2, -0.15) is 5.26 Å². The molecule has 1 aliphatic rings. The van der Waals surface area contributed by atoms with Crippen LogP contribution >= 0.6 is 15.9 Å². The number of nitriles is 1. The molecule has 2 rings (SSSR count). The first kappa shape index (κ1) is 14.4. The molecule has 1 aromatic carbocycles. The minimum Gasteiger partial charge on any atom is -0.372 e. The average molecular weight is 322 g/mol. The van der Waals surface area contributed by atoms with Crippen LogP contribution in [-0.2, 0) is 0 Å². The molecule has 3 nitrogen and oxygen atoms in total. The quantitative estimate of drug-likeness (QED) is 0.852. The summed E-state index contributed by atoms with van der Waals surface area (Å²) in [7, 11) is 6.38. The van der Waals surface area contributed by atoms with Crippen LogP contribution in [-0.4, -0.2) is 38.1 Å². The van der Waals surface area contributed by atoms with Crippen molar-refractivity contribution in [1.29, 1.82) is 5.26 Å². The molecule has 1 saturated carbocycles. The van der Waals surface area contributed by atoms with E-state index in [1.807, 2.05) is 18.2 Å². The standard InChI is InChI=1S/C15H20BrN3/c1-18(2)15(8-5-9-15)11-19(3)14-7-4-6-13(16)12(14)10-17/h4,6-7H,5,8-9,11H2,1-3H3. The Hall–Kier alpha value is -1.05. The summed E-state index contributed by atoms with van der Waals surface area (Å²) in [5.41, 5.74) is 1.99. The van der Waals surface area contributed by atoms with Crippen LogP contribution in [0.1, 0.15) is 24.8 Å². The number of rotatable bonds is 4. The molecule has 0 unspecified atom stereocenters. The fourth-order valence-electron chi connectivity index (χ4n) is 2.80. The molecule has 0 N–H and O–H groups in total. The molecule has 0 aliphatic heterocycles. The van der Waals surface area contributed by atoms with Crippen LogP contribution in [0.25, 0.3) is 0 Å². The van der Waals surface area contributed by atoms with Gasteiger partial charge in [-0.05, 0) is 61.4 Å². The summed E-state index contributed by atoms with van der Waals surface area (Å²) in [4.78, 5) is 4.54. The van der Waals surface area contributed by atoms with Crippen LogP contribution in [0.2, 0.25) is 0 Å². The maximum Gasteiger partial charge on any atom is 0.103 e. The number of anilines is 1. The van der Waals surface area contributed by atoms with Gasteiger partial charge in [-0.1, -0.05) is 6.07 Å². The molecule has 0 amide bonds. The van der Waals surface area contributed by atoms with Crippen molar-refractivity contribution >= 4 is 21.6 Å². The molecule has 0 atom stereocenters. The lowest BCUT2D eigenvalue weighted by Gasteiger charge is -2.49. The van der Waals surface area contributed by atoms with Crippen molar-refractivity contribution in [1.82, 2.24) is 4.90 Å². The maximum absolute atomic E-state index is 9.31. The van der Waals surface area contributed by atoms with Crippen molar-refractivity contribution in [2.24, 2.45) is 0 Å². The molecule has 102 valence electrons. The molecule has 0 saturated heterocycles. The van der Waals surface area contributed by atoms with Gasteiger partial charge in [-0.15, -0.1) is 0 Å². The first-order valence-corrected chi connectivity index (χ1v) is 7.37. The van der Waals surface area contributed by atoms with Crippen molar-refractivity contribution in [2.75, 3.05) is 32.6 Å². The number of likely N-dealkylation sites (N-methyl/N-ethyl adjacent to an activating group) is 2. The Morgan fingerprint density at radius 2 is 2.00 bits per heavy atom. The van der Waals surface area contributed by atoms with E-state index in [2.05, 4.69) is 52.9 Å². The molecular formula is C15H20BrN3. The third-order valence-corrected chi connectivity index (χ3v) is 4.94. The summed E-state index contributed by atoms with van der Waals surface area (Å²) in [5, 5.41) is 9.31. The first-order valence-electron chi connectivity index (χ1n) is 6.57. The zero-order valence-corrected chi connectivity index (χ0v) is 13.4. The molecule has 0 radical (unpaired) electrons. The average Bonchev–Trinajstić information content (AvgIpc) is 2.32. The van der Waals surface area contributed by atoms with Gasteiger partial charge in [-0.25, -0.2) is 0 Å². The number of nitrogens with zero attached hydrogens (tertiary/aromatic N) is 3. The molecule has 1 aliphatic carbocycles. The lowest BCUT2D eigenvalue weighted by molar-refractivity contribution is 0.0683. The summed E-state index contributed by atoms with van der Waals surface area (Å²) < 4.78 is 0.867. The first-order chi connectivity index (χ1) is 9.00. The molecule has 0 heterocycles. The molecule has 19 heavy (non-hydrogen) atoms. The third kappa shape index (κ3) is 2.63. The zero-order valence-electron chi connectivity index (χ0n) is 11.8. The van der Waals surface area contributed by atoms with E-state index >= 15 is 0 Å². The van der Waals surface area contributed by atoms with E-state index in [-0.39, 0.29) is 5.54 Å². The highest BCUT2D eigenvalue weighted by molar-refractivity contribution is 9.10. The highest BCUT2D eigenvalue weighted by Gasteiger charge is 2.40. The van der Waals surface area contributed by atoms with Crippen LogP contribution in [0.3, 0.4) is 0 Å². The van der Waals surface area contributed by atoms with E-state index in [9.17, 15) is 5.26 Å². The Morgan fingerprint density at radius 1 is 1.32 bits per heavy atom. The second kappa shape index (κ2) is 5.52. The SMILES string of the molecule is CN(CC1(N(C)C)CCC1)c1cccc(Br)c1C#N. The van der Waals surface area contributed by atoms with E-state index in [1.165, 1.54) is 19.3 Å². The van der Waals surface area contributed by atoms with Gasteiger partial charge in [-0.3, -0.25) is 0 Å². The molecule has 4 heteroatoms. The van der Waals surface area contributed by atoms with E-state index in [0.717, 1.165) is 22.3 Å². The van der Waals surface area contributed by atoms with Crippen molar-refractivity contribution in [3.8, 4) is 6.07 Å². The monoisotopic (exact) mass is 321 g/mol. The Kier molecular flexibility index (Phi) is 4.17. The summed E-state index contributed by atoms with van der Waals surface area (Å²) in [6.07, 6.45) is 3.77. The second-order valence-corrected chi connectivity index (χ2v) is 6.43. The number of benzene rings is 1. The minimum absolute atomic E-state index is 0.268. The van der Waals surface area contributed by atoms with Crippen molar-refractivity contribution < 1.29 is 0 Å². The predicted octanol–water partition coefficient (Wildman–Crippen LogP) is 3.24. The largest absolute Gasteiger partial charge is 0.372 e.